The average Bonchev–Trinajstić information content (AvgIpc) is 2.12. The van der Waals surface area contributed by atoms with E-state index in [2.05, 4.69) is 0 Å². The summed E-state index contributed by atoms with van der Waals surface area (Å²) < 4.78 is 9.02. The summed E-state index contributed by atoms with van der Waals surface area (Å²) >= 11 is 0. The quantitative estimate of drug-likeness (QED) is 0.214. The smallest absolute Gasteiger partial charge is 0.161 e. The van der Waals surface area contributed by atoms with E-state index in [1.54, 1.807) is 0 Å². The number of nitrogen functional groups attached to an aromatic ring is 2. The molecule has 1 unspecified atom stereocenters. The molecule has 1 aromatic carbocycles. The first-order valence-corrected chi connectivity index (χ1v) is 4.86. The lowest BCUT2D eigenvalue weighted by Crippen LogP contribution is -2.16. The number of anilines is 2. The largest absolute Gasteiger partial charge is 0.504 e. The number of aromatic hydroxyl groups is 1. The molecule has 6 nitrogen and oxygen atoms in total. The van der Waals surface area contributed by atoms with Crippen LogP contribution in [-0.4, -0.2) is 14.6 Å². The van der Waals surface area contributed by atoms with Crippen LogP contribution in [0.5, 0.6) is 5.75 Å². The van der Waals surface area contributed by atoms with Gasteiger partial charge in [-0.25, -0.2) is 0 Å². The number of hydrogen-bond acceptors (Lipinski definition) is 5. The highest BCUT2D eigenvalue weighted by Crippen LogP contribution is 2.29. The molecule has 0 amide bonds. The predicted octanol–water partition coefficient (Wildman–Crippen LogP) is -0.391. The number of phenolic OH excluding ortho intramolecular Hbond substituents is 1. The Hall–Kier alpha value is -1.28. The summed E-state index contributed by atoms with van der Waals surface area (Å²) in [6, 6.07) is 2.79. The van der Waals surface area contributed by atoms with E-state index >= 15 is 0 Å². The van der Waals surface area contributed by atoms with Gasteiger partial charge in [0.15, 0.2) is 5.75 Å². The summed E-state index contributed by atoms with van der Waals surface area (Å²) in [5, 5.41) is 14.4. The lowest BCUT2D eigenvalue weighted by Gasteiger charge is -2.08. The summed E-state index contributed by atoms with van der Waals surface area (Å²) in [6.45, 7) is 0. The Morgan fingerprint density at radius 1 is 1.21 bits per heavy atom. The molecule has 0 heterocycles. The van der Waals surface area contributed by atoms with Crippen molar-refractivity contribution in [1.82, 2.24) is 0 Å². The van der Waals surface area contributed by atoms with Gasteiger partial charge in [0.05, 0.1) is 16.4 Å². The number of rotatable bonds is 1. The molecule has 0 aliphatic carbocycles. The molecule has 0 saturated carbocycles. The number of benzene rings is 1. The third-order valence-corrected chi connectivity index (χ3v) is 2.37. The molecule has 78 valence electrons. The molecule has 0 fully saturated rings. The predicted molar refractivity (Wildman–Crippen MR) is 59.6 cm³/mol. The molecule has 0 bridgehead atoms. The van der Waals surface area contributed by atoms with Crippen molar-refractivity contribution in [2.75, 3.05) is 11.5 Å². The van der Waals surface area contributed by atoms with E-state index in [9.17, 15) is 5.11 Å². The second kappa shape index (κ2) is 3.84. The van der Waals surface area contributed by atoms with Gasteiger partial charge in [0, 0.05) is 16.5 Å². The van der Waals surface area contributed by atoms with Crippen LogP contribution < -0.4 is 22.3 Å². The van der Waals surface area contributed by atoms with Gasteiger partial charge < -0.3 is 21.1 Å². The van der Waals surface area contributed by atoms with Crippen molar-refractivity contribution in [1.29, 1.82) is 0 Å². The number of phenols is 1. The van der Waals surface area contributed by atoms with Gasteiger partial charge >= 0.3 is 0 Å². The molecule has 0 aliphatic heterocycles. The fraction of sp³-hybridized carbons (Fsp3) is 0. The third-order valence-electron chi connectivity index (χ3n) is 1.68. The van der Waals surface area contributed by atoms with Gasteiger partial charge in [0.1, 0.15) is 0 Å². The van der Waals surface area contributed by atoms with Gasteiger partial charge in [-0.2, -0.15) is 0 Å². The number of hydrogen-bond donors (Lipinski definition) is 6. The van der Waals surface area contributed by atoms with Crippen molar-refractivity contribution in [3.05, 3.63) is 17.7 Å². The molecule has 1 rings (SSSR count). The molecule has 1 aromatic rings. The molecule has 0 spiro atoms. The highest BCUT2D eigenvalue weighted by Gasteiger charge is 2.07. The van der Waals surface area contributed by atoms with E-state index in [4.69, 9.17) is 26.9 Å². The molecule has 1 atom stereocenters. The second-order valence-corrected chi connectivity index (χ2v) is 3.75. The van der Waals surface area contributed by atoms with Crippen LogP contribution in [0.3, 0.4) is 0 Å². The van der Waals surface area contributed by atoms with Crippen LogP contribution in [0.15, 0.2) is 12.1 Å². The van der Waals surface area contributed by atoms with Crippen molar-refractivity contribution in [2.24, 2.45) is 10.9 Å². The molecule has 0 aliphatic rings. The Morgan fingerprint density at radius 2 is 1.64 bits per heavy atom. The first-order valence-electron chi connectivity index (χ1n) is 3.62. The Morgan fingerprint density at radius 3 is 2.00 bits per heavy atom. The van der Waals surface area contributed by atoms with Crippen LogP contribution >= 0.6 is 11.0 Å². The lowest BCUT2D eigenvalue weighted by atomic mass is 10.1. The van der Waals surface area contributed by atoms with Gasteiger partial charge in [-0.3, -0.25) is 10.9 Å². The maximum Gasteiger partial charge on any atom is 0.161 e. The van der Waals surface area contributed by atoms with Crippen LogP contribution in [0.2, 0.25) is 0 Å². The van der Waals surface area contributed by atoms with E-state index in [-0.39, 0.29) is 22.1 Å². The second-order valence-electron chi connectivity index (χ2n) is 2.68. The van der Waals surface area contributed by atoms with Gasteiger partial charge in [0.25, 0.3) is 0 Å². The first-order chi connectivity index (χ1) is 6.43. The molecule has 0 saturated heterocycles. The summed E-state index contributed by atoms with van der Waals surface area (Å²) in [5.74, 6) is -0.198. The Labute approximate surface area is 83.4 Å². The highest BCUT2D eigenvalue weighted by molar-refractivity contribution is 8.09. The summed E-state index contributed by atoms with van der Waals surface area (Å²) in [6.07, 6.45) is 0. The zero-order valence-corrected chi connectivity index (χ0v) is 8.08. The fourth-order valence-corrected chi connectivity index (χ4v) is 1.30. The third kappa shape index (κ3) is 1.96. The zero-order chi connectivity index (χ0) is 10.9. The molecule has 10 N–H and O–H groups in total. The maximum absolute atomic E-state index is 9.26. The Balaban J connectivity index is 3.34. The summed E-state index contributed by atoms with van der Waals surface area (Å²) in [4.78, 5) is 0.0726. The fourth-order valence-electron chi connectivity index (χ4n) is 0.943. The van der Waals surface area contributed by atoms with Crippen molar-refractivity contribution >= 4 is 27.3 Å². The molecule has 14 heavy (non-hydrogen) atoms. The van der Waals surface area contributed by atoms with Crippen molar-refractivity contribution in [3.63, 3.8) is 0 Å². The molecular weight excluding hydrogens is 204 g/mol. The molecule has 0 aromatic heterocycles. The summed E-state index contributed by atoms with van der Waals surface area (Å²) in [5.41, 5.74) is 17.0. The minimum atomic E-state index is -1.53. The van der Waals surface area contributed by atoms with E-state index in [0.717, 1.165) is 0 Å². The van der Waals surface area contributed by atoms with E-state index in [1.807, 2.05) is 0 Å². The first kappa shape index (κ1) is 10.8. The standard InChI is InChI=1S/C7H12N4O2S/c8-4-1-3(7(10)14(11)13)2-5(9)6(4)12/h1-2,12-13H,8-11H2. The van der Waals surface area contributed by atoms with Gasteiger partial charge in [-0.15, -0.1) is 0 Å². The van der Waals surface area contributed by atoms with Crippen molar-refractivity contribution < 1.29 is 9.66 Å². The van der Waals surface area contributed by atoms with Crippen LogP contribution in [0.1, 0.15) is 5.56 Å². The lowest BCUT2D eigenvalue weighted by molar-refractivity contribution is 0.480. The van der Waals surface area contributed by atoms with Crippen molar-refractivity contribution in [3.8, 4) is 5.75 Å². The zero-order valence-electron chi connectivity index (χ0n) is 7.27. The average molecular weight is 216 g/mol. The van der Waals surface area contributed by atoms with E-state index in [0.29, 0.717) is 5.56 Å². The van der Waals surface area contributed by atoms with Crippen LogP contribution in [-0.2, 0) is 0 Å². The van der Waals surface area contributed by atoms with Crippen molar-refractivity contribution in [2.45, 2.75) is 0 Å². The Bertz CT molecular complexity index is 378. The monoisotopic (exact) mass is 216 g/mol. The van der Waals surface area contributed by atoms with E-state index < -0.39 is 11.0 Å². The summed E-state index contributed by atoms with van der Waals surface area (Å²) in [7, 11) is -1.53. The Kier molecular flexibility index (Phi) is 2.96. The molecule has 0 radical (unpaired) electrons. The van der Waals surface area contributed by atoms with E-state index in [1.165, 1.54) is 12.1 Å². The van der Waals surface area contributed by atoms with Gasteiger partial charge in [-0.1, -0.05) is 0 Å². The topological polar surface area (TPSA) is 145 Å². The molecular formula is C7H12N4O2S. The maximum atomic E-state index is 9.26. The van der Waals surface area contributed by atoms with Gasteiger partial charge in [0.2, 0.25) is 0 Å². The highest BCUT2D eigenvalue weighted by atomic mass is 32.2. The minimum absolute atomic E-state index is 0.0726. The SMILES string of the molecule is N/C(c1cc(N)c(O)c(N)c1)=S(\N)O. The van der Waals surface area contributed by atoms with Crippen LogP contribution in [0, 0.1) is 0 Å². The van der Waals surface area contributed by atoms with Crippen LogP contribution in [0.4, 0.5) is 11.4 Å². The normalized spacial score (nSPS) is 13.8. The number of nitrogens with two attached hydrogens (primary N) is 4. The molecule has 7 heteroatoms. The minimum Gasteiger partial charge on any atom is -0.504 e. The van der Waals surface area contributed by atoms with Crippen LogP contribution in [0.25, 0.3) is 0 Å². The van der Waals surface area contributed by atoms with Gasteiger partial charge in [-0.05, 0) is 12.1 Å².